The minimum Gasteiger partial charge on any atom is -0.469 e. The van der Waals surface area contributed by atoms with Gasteiger partial charge in [-0.2, -0.15) is 0 Å². The quantitative estimate of drug-likeness (QED) is 0.785. The summed E-state index contributed by atoms with van der Waals surface area (Å²) in [6.45, 7) is 3.89. The standard InChI is InChI=1S/C11H15NO2/c1-8-6-12-7-10(8)11(13)5-9-3-2-4-14-9/h2-4,8,10,12H,5-7H2,1H3. The molecule has 1 fully saturated rings. The van der Waals surface area contributed by atoms with Gasteiger partial charge in [-0.15, -0.1) is 0 Å². The van der Waals surface area contributed by atoms with Gasteiger partial charge in [0.15, 0.2) is 0 Å². The van der Waals surface area contributed by atoms with Gasteiger partial charge in [-0.1, -0.05) is 6.92 Å². The van der Waals surface area contributed by atoms with Crippen LogP contribution in [0.3, 0.4) is 0 Å². The molecule has 0 spiro atoms. The van der Waals surface area contributed by atoms with Gasteiger partial charge < -0.3 is 9.73 Å². The van der Waals surface area contributed by atoms with Crippen molar-refractivity contribution in [1.82, 2.24) is 5.32 Å². The summed E-state index contributed by atoms with van der Waals surface area (Å²) in [5.74, 6) is 1.68. The monoisotopic (exact) mass is 193 g/mol. The molecule has 1 aliphatic heterocycles. The Bertz CT molecular complexity index is 305. The number of furan rings is 1. The lowest BCUT2D eigenvalue weighted by Crippen LogP contribution is -2.22. The van der Waals surface area contributed by atoms with Crippen LogP contribution in [-0.4, -0.2) is 18.9 Å². The number of hydrogen-bond donors (Lipinski definition) is 1. The molecule has 0 amide bonds. The second-order valence-corrected chi connectivity index (χ2v) is 3.96. The van der Waals surface area contributed by atoms with Crippen LogP contribution in [0.4, 0.5) is 0 Å². The topological polar surface area (TPSA) is 42.2 Å². The van der Waals surface area contributed by atoms with E-state index in [0.717, 1.165) is 18.8 Å². The van der Waals surface area contributed by atoms with Gasteiger partial charge in [-0.25, -0.2) is 0 Å². The number of carbonyl (C=O) groups is 1. The van der Waals surface area contributed by atoms with Crippen molar-refractivity contribution in [3.8, 4) is 0 Å². The van der Waals surface area contributed by atoms with Crippen molar-refractivity contribution in [1.29, 1.82) is 0 Å². The van der Waals surface area contributed by atoms with Crippen LogP contribution < -0.4 is 5.32 Å². The number of nitrogens with one attached hydrogen (secondary N) is 1. The Hall–Kier alpha value is -1.09. The summed E-state index contributed by atoms with van der Waals surface area (Å²) in [6, 6.07) is 3.67. The van der Waals surface area contributed by atoms with E-state index in [1.165, 1.54) is 0 Å². The molecule has 3 heteroatoms. The van der Waals surface area contributed by atoms with Gasteiger partial charge in [-0.05, 0) is 24.6 Å². The Morgan fingerprint density at radius 1 is 1.64 bits per heavy atom. The van der Waals surface area contributed by atoms with Crippen molar-refractivity contribution in [2.45, 2.75) is 13.3 Å². The van der Waals surface area contributed by atoms with E-state index in [-0.39, 0.29) is 11.7 Å². The Morgan fingerprint density at radius 2 is 2.50 bits per heavy atom. The van der Waals surface area contributed by atoms with Crippen LogP contribution in [0.15, 0.2) is 22.8 Å². The van der Waals surface area contributed by atoms with Crippen molar-refractivity contribution in [3.63, 3.8) is 0 Å². The molecule has 0 aliphatic carbocycles. The van der Waals surface area contributed by atoms with E-state index in [1.54, 1.807) is 6.26 Å². The highest BCUT2D eigenvalue weighted by atomic mass is 16.3. The molecule has 2 heterocycles. The fourth-order valence-corrected chi connectivity index (χ4v) is 1.96. The van der Waals surface area contributed by atoms with Crippen LogP contribution in [0.2, 0.25) is 0 Å². The highest BCUT2D eigenvalue weighted by Crippen LogP contribution is 2.18. The average Bonchev–Trinajstić information content (AvgIpc) is 2.75. The predicted octanol–water partition coefficient (Wildman–Crippen LogP) is 1.25. The van der Waals surface area contributed by atoms with Gasteiger partial charge in [0.1, 0.15) is 11.5 Å². The minimum absolute atomic E-state index is 0.167. The SMILES string of the molecule is CC1CNCC1C(=O)Cc1ccco1. The largest absolute Gasteiger partial charge is 0.469 e. The van der Waals surface area contributed by atoms with Crippen LogP contribution in [0, 0.1) is 11.8 Å². The van der Waals surface area contributed by atoms with E-state index in [2.05, 4.69) is 12.2 Å². The van der Waals surface area contributed by atoms with Crippen LogP contribution >= 0.6 is 0 Å². The van der Waals surface area contributed by atoms with E-state index in [9.17, 15) is 4.79 Å². The fraction of sp³-hybridized carbons (Fsp3) is 0.545. The zero-order chi connectivity index (χ0) is 9.97. The molecule has 0 bridgehead atoms. The molecule has 2 rings (SSSR count). The van der Waals surface area contributed by atoms with E-state index in [0.29, 0.717) is 12.3 Å². The Kier molecular flexibility index (Phi) is 2.68. The first-order valence-electron chi connectivity index (χ1n) is 5.03. The number of Topliss-reactive ketones (excluding diaryl/α,β-unsaturated/α-hetero) is 1. The molecule has 0 aromatic carbocycles. The molecule has 3 nitrogen and oxygen atoms in total. The number of hydrogen-bond acceptors (Lipinski definition) is 3. The first-order chi connectivity index (χ1) is 6.77. The second kappa shape index (κ2) is 3.96. The van der Waals surface area contributed by atoms with Crippen LogP contribution in [0.1, 0.15) is 12.7 Å². The summed E-state index contributed by atoms with van der Waals surface area (Å²) in [5.41, 5.74) is 0. The Labute approximate surface area is 83.5 Å². The Morgan fingerprint density at radius 3 is 3.07 bits per heavy atom. The van der Waals surface area contributed by atoms with Crippen LogP contribution in [0.5, 0.6) is 0 Å². The zero-order valence-corrected chi connectivity index (χ0v) is 8.32. The van der Waals surface area contributed by atoms with Gasteiger partial charge in [0, 0.05) is 12.5 Å². The average molecular weight is 193 g/mol. The third-order valence-corrected chi connectivity index (χ3v) is 2.86. The number of carbonyl (C=O) groups excluding carboxylic acids is 1. The summed E-state index contributed by atoms with van der Waals surface area (Å²) in [5, 5.41) is 3.23. The molecule has 1 aromatic heterocycles. The summed E-state index contributed by atoms with van der Waals surface area (Å²) < 4.78 is 5.16. The molecular weight excluding hydrogens is 178 g/mol. The number of ketones is 1. The van der Waals surface area contributed by atoms with Gasteiger partial charge in [0.05, 0.1) is 12.7 Å². The summed E-state index contributed by atoms with van der Waals surface area (Å²) >= 11 is 0. The van der Waals surface area contributed by atoms with E-state index >= 15 is 0 Å². The molecule has 1 aromatic rings. The molecule has 1 aliphatic rings. The molecular formula is C11H15NO2. The molecule has 2 atom stereocenters. The van der Waals surface area contributed by atoms with E-state index < -0.39 is 0 Å². The molecule has 1 N–H and O–H groups in total. The molecule has 0 saturated carbocycles. The van der Waals surface area contributed by atoms with E-state index in [4.69, 9.17) is 4.42 Å². The zero-order valence-electron chi connectivity index (χ0n) is 8.32. The molecule has 1 saturated heterocycles. The lowest BCUT2D eigenvalue weighted by Gasteiger charge is -2.11. The van der Waals surface area contributed by atoms with Gasteiger partial charge in [0.25, 0.3) is 0 Å². The van der Waals surface area contributed by atoms with Crippen LogP contribution in [0.25, 0.3) is 0 Å². The van der Waals surface area contributed by atoms with Crippen molar-refractivity contribution in [3.05, 3.63) is 24.2 Å². The third-order valence-electron chi connectivity index (χ3n) is 2.86. The van der Waals surface area contributed by atoms with Gasteiger partial charge in [0.2, 0.25) is 0 Å². The van der Waals surface area contributed by atoms with Crippen molar-refractivity contribution < 1.29 is 9.21 Å². The Balaban J connectivity index is 1.95. The molecule has 2 unspecified atom stereocenters. The van der Waals surface area contributed by atoms with Gasteiger partial charge >= 0.3 is 0 Å². The molecule has 14 heavy (non-hydrogen) atoms. The lowest BCUT2D eigenvalue weighted by molar-refractivity contribution is -0.122. The maximum atomic E-state index is 11.8. The highest BCUT2D eigenvalue weighted by Gasteiger charge is 2.29. The van der Waals surface area contributed by atoms with E-state index in [1.807, 2.05) is 12.1 Å². The first-order valence-corrected chi connectivity index (χ1v) is 5.03. The first kappa shape index (κ1) is 9.46. The summed E-state index contributed by atoms with van der Waals surface area (Å²) in [7, 11) is 0. The van der Waals surface area contributed by atoms with Gasteiger partial charge in [-0.3, -0.25) is 4.79 Å². The predicted molar refractivity (Wildman–Crippen MR) is 52.9 cm³/mol. The third kappa shape index (κ3) is 1.87. The smallest absolute Gasteiger partial charge is 0.145 e. The minimum atomic E-state index is 0.167. The second-order valence-electron chi connectivity index (χ2n) is 3.96. The highest BCUT2D eigenvalue weighted by molar-refractivity contribution is 5.83. The fourth-order valence-electron chi connectivity index (χ4n) is 1.96. The van der Waals surface area contributed by atoms with Crippen molar-refractivity contribution in [2.24, 2.45) is 11.8 Å². The number of rotatable bonds is 3. The maximum Gasteiger partial charge on any atom is 0.145 e. The van der Waals surface area contributed by atoms with Crippen molar-refractivity contribution in [2.75, 3.05) is 13.1 Å². The lowest BCUT2D eigenvalue weighted by atomic mass is 9.91. The van der Waals surface area contributed by atoms with Crippen LogP contribution in [-0.2, 0) is 11.2 Å². The molecule has 76 valence electrons. The molecule has 0 radical (unpaired) electrons. The summed E-state index contributed by atoms with van der Waals surface area (Å²) in [4.78, 5) is 11.8. The van der Waals surface area contributed by atoms with Crippen molar-refractivity contribution >= 4 is 5.78 Å². The normalized spacial score (nSPS) is 26.6. The summed E-state index contributed by atoms with van der Waals surface area (Å²) in [6.07, 6.45) is 2.04. The maximum absolute atomic E-state index is 11.8.